The molecule has 7 nitrogen and oxygen atoms in total. The van der Waals surface area contributed by atoms with Gasteiger partial charge < -0.3 is 14.6 Å². The molecule has 1 amide bonds. The van der Waals surface area contributed by atoms with Gasteiger partial charge in [-0.25, -0.2) is 4.98 Å². The van der Waals surface area contributed by atoms with E-state index in [1.807, 2.05) is 43.3 Å². The Kier molecular flexibility index (Phi) is 3.38. The van der Waals surface area contributed by atoms with Crippen LogP contribution in [0.2, 0.25) is 0 Å². The molecule has 7 heteroatoms. The van der Waals surface area contributed by atoms with Gasteiger partial charge in [0.1, 0.15) is 5.60 Å². The molecule has 0 aliphatic carbocycles. The number of carbonyl (C=O) groups is 1. The summed E-state index contributed by atoms with van der Waals surface area (Å²) in [4.78, 5) is 22.0. The van der Waals surface area contributed by atoms with Crippen molar-refractivity contribution < 1.29 is 9.53 Å². The van der Waals surface area contributed by atoms with Crippen molar-refractivity contribution in [1.29, 1.82) is 0 Å². The van der Waals surface area contributed by atoms with E-state index >= 15 is 0 Å². The van der Waals surface area contributed by atoms with Crippen molar-refractivity contribution in [1.82, 2.24) is 24.6 Å². The Morgan fingerprint density at radius 1 is 1.42 bits per heavy atom. The van der Waals surface area contributed by atoms with Crippen LogP contribution in [0.15, 0.2) is 36.9 Å². The number of aromatic nitrogens is 4. The molecule has 1 fully saturated rings. The van der Waals surface area contributed by atoms with Crippen molar-refractivity contribution in [3.8, 4) is 0 Å². The highest BCUT2D eigenvalue weighted by Gasteiger charge is 2.37. The van der Waals surface area contributed by atoms with Gasteiger partial charge in [-0.3, -0.25) is 9.48 Å². The predicted molar refractivity (Wildman–Crippen MR) is 88.5 cm³/mol. The molecule has 2 aromatic heterocycles. The van der Waals surface area contributed by atoms with Gasteiger partial charge in [0, 0.05) is 30.9 Å². The largest absolute Gasteiger partial charge is 0.367 e. The lowest BCUT2D eigenvalue weighted by molar-refractivity contribution is -0.0931. The fourth-order valence-corrected chi connectivity index (χ4v) is 3.16. The Labute approximate surface area is 139 Å². The van der Waals surface area contributed by atoms with Crippen LogP contribution in [0.1, 0.15) is 22.8 Å². The molecule has 0 radical (unpaired) electrons. The van der Waals surface area contributed by atoms with E-state index in [0.29, 0.717) is 25.3 Å². The number of aromatic amines is 1. The molecule has 24 heavy (non-hydrogen) atoms. The van der Waals surface area contributed by atoms with E-state index in [1.54, 1.807) is 17.2 Å². The third-order valence-electron chi connectivity index (χ3n) is 4.54. The molecular formula is C17H19N5O2. The lowest BCUT2D eigenvalue weighted by Gasteiger charge is -2.40. The van der Waals surface area contributed by atoms with E-state index in [9.17, 15) is 4.79 Å². The van der Waals surface area contributed by atoms with Gasteiger partial charge >= 0.3 is 0 Å². The highest BCUT2D eigenvalue weighted by molar-refractivity contribution is 5.97. The smallest absolute Gasteiger partial charge is 0.254 e. The summed E-state index contributed by atoms with van der Waals surface area (Å²) in [5.41, 5.74) is 2.81. The van der Waals surface area contributed by atoms with Gasteiger partial charge in [-0.1, -0.05) is 0 Å². The average molecular weight is 325 g/mol. The van der Waals surface area contributed by atoms with Crippen molar-refractivity contribution in [2.75, 3.05) is 19.7 Å². The summed E-state index contributed by atoms with van der Waals surface area (Å²) in [5, 5.41) is 4.22. The quantitative estimate of drug-likeness (QED) is 0.778. The topological polar surface area (TPSA) is 76.0 Å². The number of nitrogens with one attached hydrogen (secondary N) is 1. The molecule has 1 saturated heterocycles. The summed E-state index contributed by atoms with van der Waals surface area (Å²) >= 11 is 0. The number of carbonyl (C=O) groups excluding carboxylic acids is 1. The highest BCUT2D eigenvalue weighted by atomic mass is 16.5. The Bertz CT molecular complexity index is 899. The zero-order chi connectivity index (χ0) is 16.7. The van der Waals surface area contributed by atoms with Crippen LogP contribution in [0.4, 0.5) is 0 Å². The van der Waals surface area contributed by atoms with E-state index in [2.05, 4.69) is 15.1 Å². The number of amides is 1. The minimum Gasteiger partial charge on any atom is -0.367 e. The number of H-pyrrole nitrogens is 1. The van der Waals surface area contributed by atoms with Gasteiger partial charge in [0.25, 0.3) is 5.91 Å². The van der Waals surface area contributed by atoms with Gasteiger partial charge in [0.05, 0.1) is 36.7 Å². The molecule has 1 aliphatic heterocycles. The lowest BCUT2D eigenvalue weighted by Crippen LogP contribution is -2.50. The first-order chi connectivity index (χ1) is 11.5. The van der Waals surface area contributed by atoms with E-state index in [-0.39, 0.29) is 5.91 Å². The number of morpholine rings is 1. The summed E-state index contributed by atoms with van der Waals surface area (Å²) < 4.78 is 7.72. The second kappa shape index (κ2) is 5.45. The number of hydrogen-bond acceptors (Lipinski definition) is 4. The number of fused-ring (bicyclic) bond motifs is 1. The number of hydrogen-bond donors (Lipinski definition) is 1. The zero-order valence-corrected chi connectivity index (χ0v) is 13.7. The van der Waals surface area contributed by atoms with Crippen LogP contribution >= 0.6 is 0 Å². The second-order valence-corrected chi connectivity index (χ2v) is 6.34. The monoisotopic (exact) mass is 325 g/mol. The van der Waals surface area contributed by atoms with Gasteiger partial charge in [-0.05, 0) is 25.1 Å². The molecule has 1 aliphatic rings. The van der Waals surface area contributed by atoms with Crippen LogP contribution in [0.3, 0.4) is 0 Å². The normalized spacial score (nSPS) is 21.3. The number of benzene rings is 1. The molecular weight excluding hydrogens is 306 g/mol. The molecule has 1 aromatic carbocycles. The van der Waals surface area contributed by atoms with Crippen LogP contribution in [-0.2, 0) is 17.4 Å². The number of ether oxygens (including phenoxy) is 1. The molecule has 0 bridgehead atoms. The number of nitrogens with zero attached hydrogens (tertiary/aromatic N) is 4. The van der Waals surface area contributed by atoms with Gasteiger partial charge in [0.15, 0.2) is 0 Å². The summed E-state index contributed by atoms with van der Waals surface area (Å²) in [7, 11) is 1.87. The minimum atomic E-state index is -0.541. The Morgan fingerprint density at radius 3 is 3.08 bits per heavy atom. The molecule has 1 N–H and O–H groups in total. The maximum atomic E-state index is 12.9. The first-order valence-corrected chi connectivity index (χ1v) is 7.91. The minimum absolute atomic E-state index is 0.00455. The molecule has 0 spiro atoms. The van der Waals surface area contributed by atoms with Crippen LogP contribution in [0.5, 0.6) is 0 Å². The van der Waals surface area contributed by atoms with Crippen molar-refractivity contribution in [2.24, 2.45) is 7.05 Å². The Hall–Kier alpha value is -2.67. The maximum absolute atomic E-state index is 12.9. The van der Waals surface area contributed by atoms with E-state index in [1.165, 1.54) is 0 Å². The van der Waals surface area contributed by atoms with Gasteiger partial charge in [-0.15, -0.1) is 0 Å². The third kappa shape index (κ3) is 2.46. The van der Waals surface area contributed by atoms with E-state index < -0.39 is 5.60 Å². The van der Waals surface area contributed by atoms with Crippen molar-refractivity contribution in [3.63, 3.8) is 0 Å². The molecule has 4 rings (SSSR count). The summed E-state index contributed by atoms with van der Waals surface area (Å²) in [6, 6.07) is 5.53. The molecule has 124 valence electrons. The SMILES string of the molecule is Cn1cc([C@]2(C)CN(C(=O)c3ccc4nc[nH]c4c3)CCO2)cn1. The van der Waals surface area contributed by atoms with Crippen LogP contribution in [0, 0.1) is 0 Å². The average Bonchev–Trinajstić information content (AvgIpc) is 3.22. The highest BCUT2D eigenvalue weighted by Crippen LogP contribution is 2.30. The zero-order valence-electron chi connectivity index (χ0n) is 13.7. The number of imidazole rings is 1. The molecule has 0 unspecified atom stereocenters. The first-order valence-electron chi connectivity index (χ1n) is 7.91. The first kappa shape index (κ1) is 14.9. The summed E-state index contributed by atoms with van der Waals surface area (Å²) in [6.45, 7) is 3.58. The number of aryl methyl sites for hydroxylation is 1. The molecule has 3 heterocycles. The molecule has 3 aromatic rings. The van der Waals surface area contributed by atoms with Crippen molar-refractivity contribution in [2.45, 2.75) is 12.5 Å². The van der Waals surface area contributed by atoms with Crippen molar-refractivity contribution in [3.05, 3.63) is 48.0 Å². The standard InChI is InChI=1S/C17H19N5O2/c1-17(13-8-20-21(2)9-13)10-22(5-6-24-17)16(23)12-3-4-14-15(7-12)19-11-18-14/h3-4,7-9,11H,5-6,10H2,1-2H3,(H,18,19)/t17-/m0/s1. The van der Waals surface area contributed by atoms with Crippen LogP contribution in [-0.4, -0.2) is 50.3 Å². The Morgan fingerprint density at radius 2 is 2.29 bits per heavy atom. The second-order valence-electron chi connectivity index (χ2n) is 6.34. The Balaban J connectivity index is 1.60. The van der Waals surface area contributed by atoms with E-state index in [4.69, 9.17) is 4.74 Å². The molecule has 0 saturated carbocycles. The van der Waals surface area contributed by atoms with Crippen LogP contribution in [0.25, 0.3) is 11.0 Å². The van der Waals surface area contributed by atoms with Gasteiger partial charge in [-0.2, -0.15) is 5.10 Å². The summed E-state index contributed by atoms with van der Waals surface area (Å²) in [6.07, 6.45) is 5.36. The predicted octanol–water partition coefficient (Wildman–Crippen LogP) is 1.68. The molecule has 1 atom stereocenters. The lowest BCUT2D eigenvalue weighted by atomic mass is 9.96. The van der Waals surface area contributed by atoms with Gasteiger partial charge in [0.2, 0.25) is 0 Å². The fraction of sp³-hybridized carbons (Fsp3) is 0.353. The maximum Gasteiger partial charge on any atom is 0.254 e. The van der Waals surface area contributed by atoms with Crippen molar-refractivity contribution >= 4 is 16.9 Å². The number of rotatable bonds is 2. The van der Waals surface area contributed by atoms with E-state index in [0.717, 1.165) is 16.6 Å². The third-order valence-corrected chi connectivity index (χ3v) is 4.54. The van der Waals surface area contributed by atoms with Crippen LogP contribution < -0.4 is 0 Å². The fourth-order valence-electron chi connectivity index (χ4n) is 3.16. The summed E-state index contributed by atoms with van der Waals surface area (Å²) in [5.74, 6) is 0.00455.